The van der Waals surface area contributed by atoms with Crippen molar-refractivity contribution in [2.24, 2.45) is 0 Å². The molecule has 16 heavy (non-hydrogen) atoms. The van der Waals surface area contributed by atoms with Gasteiger partial charge in [0.1, 0.15) is 0 Å². The van der Waals surface area contributed by atoms with Crippen molar-refractivity contribution in [3.63, 3.8) is 0 Å². The van der Waals surface area contributed by atoms with Crippen LogP contribution in [0, 0.1) is 0 Å². The maximum atomic E-state index is 9.32. The van der Waals surface area contributed by atoms with Gasteiger partial charge in [-0.1, -0.05) is 18.2 Å². The van der Waals surface area contributed by atoms with E-state index >= 15 is 0 Å². The van der Waals surface area contributed by atoms with Crippen molar-refractivity contribution >= 4 is 0 Å². The third-order valence-corrected chi connectivity index (χ3v) is 2.51. The van der Waals surface area contributed by atoms with Crippen LogP contribution in [0.15, 0.2) is 18.2 Å². The highest BCUT2D eigenvalue weighted by molar-refractivity contribution is 5.34. The van der Waals surface area contributed by atoms with Gasteiger partial charge in [0.25, 0.3) is 0 Å². The van der Waals surface area contributed by atoms with Crippen LogP contribution >= 0.6 is 0 Å². The van der Waals surface area contributed by atoms with Crippen LogP contribution in [0.3, 0.4) is 0 Å². The molecule has 0 amide bonds. The molecule has 0 aliphatic rings. The van der Waals surface area contributed by atoms with Gasteiger partial charge in [0.15, 0.2) is 0 Å². The van der Waals surface area contributed by atoms with Gasteiger partial charge in [-0.05, 0) is 37.5 Å². The van der Waals surface area contributed by atoms with E-state index in [4.69, 9.17) is 0 Å². The molecular weight excluding hydrogens is 202 g/mol. The summed E-state index contributed by atoms with van der Waals surface area (Å²) in [5, 5.41) is 21.9. The lowest BCUT2D eigenvalue weighted by molar-refractivity contribution is 0.258. The fourth-order valence-electron chi connectivity index (χ4n) is 1.57. The molecule has 0 heterocycles. The summed E-state index contributed by atoms with van der Waals surface area (Å²) in [7, 11) is 0. The lowest BCUT2D eigenvalue weighted by Gasteiger charge is -2.22. The highest BCUT2D eigenvalue weighted by Gasteiger charge is 2.11. The first-order valence-electron chi connectivity index (χ1n) is 5.54. The Morgan fingerprint density at radius 2 is 1.69 bits per heavy atom. The number of nitrogens with one attached hydrogen (secondary N) is 1. The van der Waals surface area contributed by atoms with Gasteiger partial charge >= 0.3 is 0 Å². The highest BCUT2D eigenvalue weighted by atomic mass is 16.3. The van der Waals surface area contributed by atoms with Crippen LogP contribution in [0.5, 0.6) is 0 Å². The summed E-state index contributed by atoms with van der Waals surface area (Å²) in [5.41, 5.74) is 2.73. The molecule has 3 heteroatoms. The van der Waals surface area contributed by atoms with Gasteiger partial charge in [0.05, 0.1) is 13.2 Å². The molecule has 0 bridgehead atoms. The van der Waals surface area contributed by atoms with Crippen molar-refractivity contribution in [3.8, 4) is 0 Å². The Morgan fingerprint density at radius 1 is 1.06 bits per heavy atom. The summed E-state index contributed by atoms with van der Waals surface area (Å²) in [5.74, 6) is 0. The Bertz CT molecular complexity index is 342. The van der Waals surface area contributed by atoms with Crippen LogP contribution in [0.25, 0.3) is 0 Å². The van der Waals surface area contributed by atoms with E-state index < -0.39 is 0 Å². The average molecular weight is 223 g/mol. The van der Waals surface area contributed by atoms with E-state index in [1.165, 1.54) is 0 Å². The minimum absolute atomic E-state index is 0.0285. The van der Waals surface area contributed by atoms with Crippen LogP contribution in [-0.4, -0.2) is 15.8 Å². The molecule has 0 aliphatic heterocycles. The molecule has 1 aromatic rings. The summed E-state index contributed by atoms with van der Waals surface area (Å²) in [4.78, 5) is 0. The Balaban J connectivity index is 2.87. The third-order valence-electron chi connectivity index (χ3n) is 2.51. The molecule has 1 aromatic carbocycles. The molecule has 3 nitrogen and oxygen atoms in total. The Kier molecular flexibility index (Phi) is 4.47. The van der Waals surface area contributed by atoms with Gasteiger partial charge in [-0.2, -0.15) is 0 Å². The molecule has 0 unspecified atom stereocenters. The van der Waals surface area contributed by atoms with Crippen molar-refractivity contribution in [2.45, 2.75) is 46.1 Å². The van der Waals surface area contributed by atoms with Gasteiger partial charge < -0.3 is 15.5 Å². The molecule has 0 aromatic heterocycles. The smallest absolute Gasteiger partial charge is 0.0688 e. The minimum atomic E-state index is -0.0299. The van der Waals surface area contributed by atoms with Crippen molar-refractivity contribution in [1.29, 1.82) is 0 Å². The molecule has 90 valence electrons. The monoisotopic (exact) mass is 223 g/mol. The standard InChI is InChI=1S/C13H21NO2/c1-13(2,3)14-7-10-5-4-6-11(8-15)12(10)9-16/h4-6,14-16H,7-9H2,1-3H3. The number of hydrogen-bond donors (Lipinski definition) is 3. The SMILES string of the molecule is CC(C)(C)NCc1cccc(CO)c1CO. The zero-order valence-corrected chi connectivity index (χ0v) is 10.2. The normalized spacial score (nSPS) is 11.8. The number of hydrogen-bond acceptors (Lipinski definition) is 3. The first kappa shape index (κ1) is 13.2. The van der Waals surface area contributed by atoms with E-state index in [0.29, 0.717) is 6.54 Å². The van der Waals surface area contributed by atoms with Gasteiger partial charge in [-0.25, -0.2) is 0 Å². The van der Waals surface area contributed by atoms with E-state index in [1.807, 2.05) is 18.2 Å². The predicted molar refractivity (Wildman–Crippen MR) is 64.9 cm³/mol. The molecule has 0 aliphatic carbocycles. The first-order valence-corrected chi connectivity index (χ1v) is 5.54. The van der Waals surface area contributed by atoms with Crippen LogP contribution in [0.2, 0.25) is 0 Å². The van der Waals surface area contributed by atoms with E-state index in [0.717, 1.165) is 16.7 Å². The third kappa shape index (κ3) is 3.59. The molecule has 0 fully saturated rings. The fraction of sp³-hybridized carbons (Fsp3) is 0.538. The predicted octanol–water partition coefficient (Wildman–Crippen LogP) is 1.56. The maximum Gasteiger partial charge on any atom is 0.0688 e. The van der Waals surface area contributed by atoms with Gasteiger partial charge in [-0.15, -0.1) is 0 Å². The maximum absolute atomic E-state index is 9.32. The molecular formula is C13H21NO2. The van der Waals surface area contributed by atoms with E-state index in [1.54, 1.807) is 0 Å². The molecule has 3 N–H and O–H groups in total. The van der Waals surface area contributed by atoms with Crippen LogP contribution < -0.4 is 5.32 Å². The van der Waals surface area contributed by atoms with Gasteiger partial charge in [-0.3, -0.25) is 0 Å². The molecule has 0 radical (unpaired) electrons. The van der Waals surface area contributed by atoms with Gasteiger partial charge in [0.2, 0.25) is 0 Å². The molecule has 0 spiro atoms. The zero-order chi connectivity index (χ0) is 12.2. The summed E-state index contributed by atoms with van der Waals surface area (Å²) in [6.45, 7) is 6.94. The second kappa shape index (κ2) is 5.43. The second-order valence-electron chi connectivity index (χ2n) is 4.97. The minimum Gasteiger partial charge on any atom is -0.392 e. The average Bonchev–Trinajstić information content (AvgIpc) is 2.24. The number of rotatable bonds is 4. The zero-order valence-electron chi connectivity index (χ0n) is 10.2. The lowest BCUT2D eigenvalue weighted by atomic mass is 10.0. The summed E-state index contributed by atoms with van der Waals surface area (Å²) >= 11 is 0. The van der Waals surface area contributed by atoms with Crippen molar-refractivity contribution in [1.82, 2.24) is 5.32 Å². The topological polar surface area (TPSA) is 52.5 Å². The second-order valence-corrected chi connectivity index (χ2v) is 4.97. The molecule has 0 saturated heterocycles. The van der Waals surface area contributed by atoms with Crippen molar-refractivity contribution < 1.29 is 10.2 Å². The van der Waals surface area contributed by atoms with Crippen molar-refractivity contribution in [3.05, 3.63) is 34.9 Å². The Labute approximate surface area is 97.1 Å². The Morgan fingerprint density at radius 3 is 2.19 bits per heavy atom. The van der Waals surface area contributed by atoms with Crippen molar-refractivity contribution in [2.75, 3.05) is 0 Å². The molecule has 0 atom stereocenters. The van der Waals surface area contributed by atoms with Crippen LogP contribution in [0.4, 0.5) is 0 Å². The highest BCUT2D eigenvalue weighted by Crippen LogP contribution is 2.16. The fourth-order valence-corrected chi connectivity index (χ4v) is 1.57. The molecule has 1 rings (SSSR count). The summed E-state index contributed by atoms with van der Waals surface area (Å²) in [6, 6.07) is 5.72. The number of benzene rings is 1. The Hall–Kier alpha value is -0.900. The molecule has 0 saturated carbocycles. The summed E-state index contributed by atoms with van der Waals surface area (Å²) in [6.07, 6.45) is 0. The quantitative estimate of drug-likeness (QED) is 0.726. The van der Waals surface area contributed by atoms with Crippen LogP contribution in [0.1, 0.15) is 37.5 Å². The first-order chi connectivity index (χ1) is 7.48. The van der Waals surface area contributed by atoms with Gasteiger partial charge in [0, 0.05) is 12.1 Å². The lowest BCUT2D eigenvalue weighted by Crippen LogP contribution is -2.35. The summed E-state index contributed by atoms with van der Waals surface area (Å²) < 4.78 is 0. The van der Waals surface area contributed by atoms with E-state index in [-0.39, 0.29) is 18.8 Å². The number of aliphatic hydroxyl groups excluding tert-OH is 2. The van der Waals surface area contributed by atoms with Crippen LogP contribution in [-0.2, 0) is 19.8 Å². The largest absolute Gasteiger partial charge is 0.392 e. The number of aliphatic hydroxyl groups is 2. The van der Waals surface area contributed by atoms with E-state index in [9.17, 15) is 10.2 Å². The van der Waals surface area contributed by atoms with E-state index in [2.05, 4.69) is 26.1 Å².